The summed E-state index contributed by atoms with van der Waals surface area (Å²) in [5.74, 6) is 0.744. The molecular weight excluding hydrogens is 340 g/mol. The fourth-order valence-electron chi connectivity index (χ4n) is 3.57. The van der Waals surface area contributed by atoms with Crippen LogP contribution in [0, 0.1) is 19.8 Å². The second-order valence-corrected chi connectivity index (χ2v) is 8.88. The second kappa shape index (κ2) is 6.96. The largest absolute Gasteiger partial charge is 0.495 e. The third kappa shape index (κ3) is 3.40. The van der Waals surface area contributed by atoms with Gasteiger partial charge < -0.3 is 9.64 Å². The molecule has 1 aromatic rings. The van der Waals surface area contributed by atoms with E-state index in [4.69, 9.17) is 4.74 Å². The highest BCUT2D eigenvalue weighted by Crippen LogP contribution is 2.32. The van der Waals surface area contributed by atoms with Gasteiger partial charge in [-0.05, 0) is 43.9 Å². The number of benzene rings is 1. The van der Waals surface area contributed by atoms with E-state index < -0.39 is 10.0 Å². The number of hydrogen-bond donors (Lipinski definition) is 0. The first-order valence-corrected chi connectivity index (χ1v) is 10.2. The molecule has 1 amide bonds. The number of hydrogen-bond acceptors (Lipinski definition) is 4. The van der Waals surface area contributed by atoms with Crippen LogP contribution in [0.15, 0.2) is 17.0 Å². The molecule has 6 nitrogen and oxygen atoms in total. The molecule has 2 aliphatic rings. The zero-order valence-corrected chi connectivity index (χ0v) is 15.9. The highest BCUT2D eigenvalue weighted by molar-refractivity contribution is 7.89. The van der Waals surface area contributed by atoms with E-state index in [9.17, 15) is 13.2 Å². The molecule has 0 radical (unpaired) electrons. The predicted octanol–water partition coefficient (Wildman–Crippen LogP) is 1.95. The number of amides is 1. The monoisotopic (exact) mass is 366 g/mol. The summed E-state index contributed by atoms with van der Waals surface area (Å²) in [5.41, 5.74) is 1.69. The Kier molecular flexibility index (Phi) is 5.06. The zero-order chi connectivity index (χ0) is 18.2. The van der Waals surface area contributed by atoms with Gasteiger partial charge in [-0.15, -0.1) is 0 Å². The third-order valence-electron chi connectivity index (χ3n) is 5.21. The lowest BCUT2D eigenvalue weighted by Gasteiger charge is -2.37. The van der Waals surface area contributed by atoms with Gasteiger partial charge in [-0.25, -0.2) is 8.42 Å². The van der Waals surface area contributed by atoms with Gasteiger partial charge in [-0.2, -0.15) is 4.31 Å². The molecule has 0 atom stereocenters. The quantitative estimate of drug-likeness (QED) is 0.817. The summed E-state index contributed by atoms with van der Waals surface area (Å²) in [5, 5.41) is 0. The predicted molar refractivity (Wildman–Crippen MR) is 95.1 cm³/mol. The molecule has 0 unspecified atom stereocenters. The summed E-state index contributed by atoms with van der Waals surface area (Å²) in [7, 11) is -2.15. The van der Waals surface area contributed by atoms with Gasteiger partial charge >= 0.3 is 0 Å². The first-order chi connectivity index (χ1) is 11.8. The van der Waals surface area contributed by atoms with Crippen LogP contribution in [0.5, 0.6) is 5.75 Å². The lowest BCUT2D eigenvalue weighted by molar-refractivity contribution is -0.139. The Morgan fingerprint density at radius 2 is 1.76 bits per heavy atom. The molecule has 138 valence electrons. The molecule has 3 rings (SSSR count). The summed E-state index contributed by atoms with van der Waals surface area (Å²) in [6, 6.07) is 3.57. The van der Waals surface area contributed by atoms with E-state index in [1.807, 2.05) is 24.8 Å². The molecule has 25 heavy (non-hydrogen) atoms. The van der Waals surface area contributed by atoms with Crippen LogP contribution in [0.1, 0.15) is 30.4 Å². The molecular formula is C18H26N2O4S. The van der Waals surface area contributed by atoms with Crippen molar-refractivity contribution in [1.82, 2.24) is 9.21 Å². The van der Waals surface area contributed by atoms with Crippen molar-refractivity contribution in [2.24, 2.45) is 5.92 Å². The Morgan fingerprint density at radius 1 is 1.12 bits per heavy atom. The minimum atomic E-state index is -3.64. The van der Waals surface area contributed by atoms with E-state index in [2.05, 4.69) is 0 Å². The zero-order valence-electron chi connectivity index (χ0n) is 15.1. The van der Waals surface area contributed by atoms with E-state index in [1.54, 1.807) is 6.07 Å². The summed E-state index contributed by atoms with van der Waals surface area (Å²) in [6.45, 7) is 5.30. The molecule has 2 fully saturated rings. The Balaban J connectivity index is 1.77. The maximum Gasteiger partial charge on any atom is 0.246 e. The summed E-state index contributed by atoms with van der Waals surface area (Å²) >= 11 is 0. The Hall–Kier alpha value is -1.60. The van der Waals surface area contributed by atoms with Crippen LogP contribution in [-0.2, 0) is 14.8 Å². The lowest BCUT2D eigenvalue weighted by Crippen LogP contribution is -2.52. The Labute approximate surface area is 149 Å². The first kappa shape index (κ1) is 18.2. The van der Waals surface area contributed by atoms with Gasteiger partial charge in [0.25, 0.3) is 0 Å². The van der Waals surface area contributed by atoms with E-state index in [1.165, 1.54) is 11.4 Å². The van der Waals surface area contributed by atoms with Gasteiger partial charge in [-0.3, -0.25) is 4.79 Å². The fraction of sp³-hybridized carbons (Fsp3) is 0.611. The fourth-order valence-corrected chi connectivity index (χ4v) is 5.31. The molecule has 0 N–H and O–H groups in total. The number of rotatable bonds is 4. The van der Waals surface area contributed by atoms with Crippen molar-refractivity contribution >= 4 is 15.9 Å². The molecule has 0 aromatic heterocycles. The van der Waals surface area contributed by atoms with Crippen LogP contribution >= 0.6 is 0 Å². The average Bonchev–Trinajstić information content (AvgIpc) is 2.52. The molecule has 0 spiro atoms. The lowest BCUT2D eigenvalue weighted by atomic mass is 9.84. The van der Waals surface area contributed by atoms with Crippen molar-refractivity contribution < 1.29 is 17.9 Å². The number of carbonyl (C=O) groups excluding carboxylic acids is 1. The van der Waals surface area contributed by atoms with E-state index in [0.29, 0.717) is 31.9 Å². The van der Waals surface area contributed by atoms with Crippen molar-refractivity contribution in [3.8, 4) is 5.75 Å². The topological polar surface area (TPSA) is 66.9 Å². The van der Waals surface area contributed by atoms with Crippen LogP contribution in [-0.4, -0.2) is 56.8 Å². The smallest absolute Gasteiger partial charge is 0.246 e. The summed E-state index contributed by atoms with van der Waals surface area (Å²) < 4.78 is 33.0. The van der Waals surface area contributed by atoms with Crippen molar-refractivity contribution in [2.45, 2.75) is 38.0 Å². The highest BCUT2D eigenvalue weighted by atomic mass is 32.2. The minimum absolute atomic E-state index is 0.155. The maximum atomic E-state index is 13.1. The SMILES string of the molecule is COc1c(C)cc(C)cc1S(=O)(=O)N1CCN(C(=O)C2CCC2)CC1. The molecule has 1 saturated carbocycles. The average molecular weight is 366 g/mol. The van der Waals surface area contributed by atoms with Crippen molar-refractivity contribution in [3.63, 3.8) is 0 Å². The first-order valence-electron chi connectivity index (χ1n) is 8.78. The van der Waals surface area contributed by atoms with Crippen molar-refractivity contribution in [2.75, 3.05) is 33.3 Å². The van der Waals surface area contributed by atoms with Crippen LogP contribution in [0.3, 0.4) is 0 Å². The number of sulfonamides is 1. The van der Waals surface area contributed by atoms with E-state index >= 15 is 0 Å². The summed E-state index contributed by atoms with van der Waals surface area (Å²) in [6.07, 6.45) is 3.06. The summed E-state index contributed by atoms with van der Waals surface area (Å²) in [4.78, 5) is 14.4. The van der Waals surface area contributed by atoms with E-state index in [-0.39, 0.29) is 16.7 Å². The number of carbonyl (C=O) groups is 1. The molecule has 1 aromatic carbocycles. The molecule has 1 saturated heterocycles. The number of aryl methyl sites for hydroxylation is 2. The van der Waals surface area contributed by atoms with Gasteiger partial charge in [0.2, 0.25) is 15.9 Å². The molecule has 1 aliphatic heterocycles. The van der Waals surface area contributed by atoms with Crippen LogP contribution in [0.2, 0.25) is 0 Å². The molecule has 1 heterocycles. The molecule has 7 heteroatoms. The molecule has 0 bridgehead atoms. The third-order valence-corrected chi connectivity index (χ3v) is 7.12. The number of nitrogens with zero attached hydrogens (tertiary/aromatic N) is 2. The van der Waals surface area contributed by atoms with Crippen LogP contribution < -0.4 is 4.74 Å². The van der Waals surface area contributed by atoms with Crippen molar-refractivity contribution in [3.05, 3.63) is 23.3 Å². The van der Waals surface area contributed by atoms with Gasteiger partial charge in [-0.1, -0.05) is 12.5 Å². The number of piperazine rings is 1. The van der Waals surface area contributed by atoms with Crippen LogP contribution in [0.4, 0.5) is 0 Å². The van der Waals surface area contributed by atoms with Gasteiger partial charge in [0.1, 0.15) is 10.6 Å². The number of methoxy groups -OCH3 is 1. The normalized spacial score (nSPS) is 19.6. The van der Waals surface area contributed by atoms with Gasteiger partial charge in [0.15, 0.2) is 0 Å². The maximum absolute atomic E-state index is 13.1. The second-order valence-electron chi connectivity index (χ2n) is 6.97. The standard InChI is InChI=1S/C18H26N2O4S/c1-13-11-14(2)17(24-3)16(12-13)25(22,23)20-9-7-19(8-10-20)18(21)15-5-4-6-15/h11-12,15H,4-10H2,1-3H3. The van der Waals surface area contributed by atoms with Crippen molar-refractivity contribution in [1.29, 1.82) is 0 Å². The number of ether oxygens (including phenoxy) is 1. The minimum Gasteiger partial charge on any atom is -0.495 e. The van der Waals surface area contributed by atoms with Gasteiger partial charge in [0, 0.05) is 32.1 Å². The molecule has 1 aliphatic carbocycles. The Bertz CT molecular complexity index is 764. The van der Waals surface area contributed by atoms with E-state index in [0.717, 1.165) is 30.4 Å². The highest BCUT2D eigenvalue weighted by Gasteiger charge is 2.35. The van der Waals surface area contributed by atoms with Crippen LogP contribution in [0.25, 0.3) is 0 Å². The Morgan fingerprint density at radius 3 is 2.28 bits per heavy atom. The van der Waals surface area contributed by atoms with Gasteiger partial charge in [0.05, 0.1) is 7.11 Å².